The number of nitrogens with one attached hydrogen (secondary N) is 1. The van der Waals surface area contributed by atoms with E-state index in [0.717, 1.165) is 39.4 Å². The molecule has 3 heteroatoms. The number of hydrogen-bond donors (Lipinski definition) is 1. The van der Waals surface area contributed by atoms with Gasteiger partial charge in [0, 0.05) is 13.1 Å². The van der Waals surface area contributed by atoms with Gasteiger partial charge in [0.1, 0.15) is 0 Å². The predicted octanol–water partition coefficient (Wildman–Crippen LogP) is -0.459. The van der Waals surface area contributed by atoms with E-state index in [-0.39, 0.29) is 0 Å². The third-order valence-electron chi connectivity index (χ3n) is 1.80. The topological polar surface area (TPSA) is 24.5 Å². The Bertz CT molecular complexity index is 165. The van der Waals surface area contributed by atoms with E-state index in [0.29, 0.717) is 0 Å². The van der Waals surface area contributed by atoms with Crippen molar-refractivity contribution in [3.8, 4) is 11.8 Å². The maximum atomic E-state index is 5.22. The molecule has 0 aromatic heterocycles. The van der Waals surface area contributed by atoms with Gasteiger partial charge in [-0.1, -0.05) is 11.8 Å². The third kappa shape index (κ3) is 3.72. The van der Waals surface area contributed by atoms with Crippen molar-refractivity contribution in [2.75, 3.05) is 46.4 Å². The molecule has 0 aromatic carbocycles. The summed E-state index contributed by atoms with van der Waals surface area (Å²) in [6.45, 7) is 5.42. The Labute approximate surface area is 74.1 Å². The minimum atomic E-state index is 0.782. The monoisotopic (exact) mass is 168 g/mol. The van der Waals surface area contributed by atoms with Gasteiger partial charge in [-0.05, 0) is 7.05 Å². The van der Waals surface area contributed by atoms with Crippen LogP contribution in [0.3, 0.4) is 0 Å². The normalized spacial score (nSPS) is 18.4. The second-order valence-electron chi connectivity index (χ2n) is 2.77. The molecule has 1 rings (SSSR count). The number of ether oxygens (including phenoxy) is 1. The number of rotatable bonds is 2. The largest absolute Gasteiger partial charge is 0.379 e. The van der Waals surface area contributed by atoms with Gasteiger partial charge < -0.3 is 10.1 Å². The van der Waals surface area contributed by atoms with E-state index in [4.69, 9.17) is 4.74 Å². The molecule has 0 aromatic rings. The van der Waals surface area contributed by atoms with E-state index in [2.05, 4.69) is 22.1 Å². The first kappa shape index (κ1) is 9.53. The van der Waals surface area contributed by atoms with Gasteiger partial charge in [0.2, 0.25) is 0 Å². The van der Waals surface area contributed by atoms with E-state index in [1.165, 1.54) is 0 Å². The quantitative estimate of drug-likeness (QED) is 0.565. The molecule has 0 unspecified atom stereocenters. The second kappa shape index (κ2) is 6.01. The summed E-state index contributed by atoms with van der Waals surface area (Å²) in [5.41, 5.74) is 0. The molecule has 1 fully saturated rings. The van der Waals surface area contributed by atoms with Crippen LogP contribution in [0, 0.1) is 11.8 Å². The Morgan fingerprint density at radius 2 is 2.08 bits per heavy atom. The van der Waals surface area contributed by atoms with Crippen LogP contribution in [0.2, 0.25) is 0 Å². The average molecular weight is 168 g/mol. The van der Waals surface area contributed by atoms with Crippen LogP contribution in [0.4, 0.5) is 0 Å². The lowest BCUT2D eigenvalue weighted by atomic mass is 10.4. The van der Waals surface area contributed by atoms with E-state index in [1.54, 1.807) is 0 Å². The molecule has 3 nitrogen and oxygen atoms in total. The fraction of sp³-hybridized carbons (Fsp3) is 0.778. The molecule has 0 spiro atoms. The van der Waals surface area contributed by atoms with Crippen LogP contribution in [0.15, 0.2) is 0 Å². The van der Waals surface area contributed by atoms with Crippen LogP contribution in [0.1, 0.15) is 0 Å². The van der Waals surface area contributed by atoms with Crippen molar-refractivity contribution in [3.63, 3.8) is 0 Å². The molecular weight excluding hydrogens is 152 g/mol. The average Bonchev–Trinajstić information content (AvgIpc) is 2.14. The molecule has 0 aliphatic carbocycles. The Hall–Kier alpha value is -0.560. The van der Waals surface area contributed by atoms with Crippen LogP contribution in [-0.2, 0) is 4.74 Å². The molecule has 1 aliphatic heterocycles. The van der Waals surface area contributed by atoms with Crippen molar-refractivity contribution in [2.24, 2.45) is 0 Å². The van der Waals surface area contributed by atoms with Crippen LogP contribution in [-0.4, -0.2) is 51.3 Å². The first-order valence-electron chi connectivity index (χ1n) is 4.34. The lowest BCUT2D eigenvalue weighted by Crippen LogP contribution is -2.36. The first-order chi connectivity index (χ1) is 5.93. The maximum Gasteiger partial charge on any atom is 0.0603 e. The molecule has 12 heavy (non-hydrogen) atoms. The van der Waals surface area contributed by atoms with Gasteiger partial charge in [-0.15, -0.1) is 0 Å². The standard InChI is InChI=1S/C9H16N2O/c1-10-4-2-3-5-11-6-8-12-9-7-11/h10H,4-9H2,1H3. The molecule has 68 valence electrons. The summed E-state index contributed by atoms with van der Waals surface area (Å²) >= 11 is 0. The highest BCUT2D eigenvalue weighted by Crippen LogP contribution is 1.94. The van der Waals surface area contributed by atoms with Crippen LogP contribution >= 0.6 is 0 Å². The van der Waals surface area contributed by atoms with Gasteiger partial charge in [-0.3, -0.25) is 4.90 Å². The molecule has 0 bridgehead atoms. The lowest BCUT2D eigenvalue weighted by molar-refractivity contribution is 0.0443. The summed E-state index contributed by atoms with van der Waals surface area (Å²) in [4.78, 5) is 2.31. The molecule has 1 heterocycles. The number of morpholine rings is 1. The van der Waals surface area contributed by atoms with Crippen molar-refractivity contribution in [1.82, 2.24) is 10.2 Å². The SMILES string of the molecule is CNCC#CCN1CCOCC1. The van der Waals surface area contributed by atoms with Gasteiger partial charge in [0.15, 0.2) is 0 Å². The Balaban J connectivity index is 2.09. The number of nitrogens with zero attached hydrogens (tertiary/aromatic N) is 1. The van der Waals surface area contributed by atoms with E-state index in [9.17, 15) is 0 Å². The summed E-state index contributed by atoms with van der Waals surface area (Å²) in [6.07, 6.45) is 0. The lowest BCUT2D eigenvalue weighted by Gasteiger charge is -2.24. The fourth-order valence-electron chi connectivity index (χ4n) is 1.08. The molecular formula is C9H16N2O. The van der Waals surface area contributed by atoms with Gasteiger partial charge in [0.05, 0.1) is 26.3 Å². The summed E-state index contributed by atoms with van der Waals surface area (Å²) in [5, 5.41) is 2.99. The molecule has 0 saturated carbocycles. The first-order valence-corrected chi connectivity index (χ1v) is 4.34. The zero-order chi connectivity index (χ0) is 8.65. The van der Waals surface area contributed by atoms with Crippen LogP contribution in [0.25, 0.3) is 0 Å². The minimum Gasteiger partial charge on any atom is -0.379 e. The smallest absolute Gasteiger partial charge is 0.0603 e. The zero-order valence-corrected chi connectivity index (χ0v) is 7.60. The maximum absolute atomic E-state index is 5.22. The molecule has 0 atom stereocenters. The third-order valence-corrected chi connectivity index (χ3v) is 1.80. The summed E-state index contributed by atoms with van der Waals surface area (Å²) in [7, 11) is 1.91. The number of hydrogen-bond acceptors (Lipinski definition) is 3. The minimum absolute atomic E-state index is 0.782. The van der Waals surface area contributed by atoms with Crippen molar-refractivity contribution in [2.45, 2.75) is 0 Å². The van der Waals surface area contributed by atoms with Crippen LogP contribution < -0.4 is 5.32 Å². The molecule has 0 radical (unpaired) electrons. The van der Waals surface area contributed by atoms with Gasteiger partial charge in [-0.25, -0.2) is 0 Å². The van der Waals surface area contributed by atoms with Gasteiger partial charge in [-0.2, -0.15) is 0 Å². The highest BCUT2D eigenvalue weighted by Gasteiger charge is 2.07. The molecule has 1 N–H and O–H groups in total. The Morgan fingerprint density at radius 3 is 2.75 bits per heavy atom. The summed E-state index contributed by atoms with van der Waals surface area (Å²) in [5.74, 6) is 6.15. The summed E-state index contributed by atoms with van der Waals surface area (Å²) in [6, 6.07) is 0. The fourth-order valence-corrected chi connectivity index (χ4v) is 1.08. The van der Waals surface area contributed by atoms with Crippen molar-refractivity contribution >= 4 is 0 Å². The van der Waals surface area contributed by atoms with E-state index < -0.39 is 0 Å². The van der Waals surface area contributed by atoms with Crippen LogP contribution in [0.5, 0.6) is 0 Å². The summed E-state index contributed by atoms with van der Waals surface area (Å²) < 4.78 is 5.22. The van der Waals surface area contributed by atoms with E-state index >= 15 is 0 Å². The van der Waals surface area contributed by atoms with E-state index in [1.807, 2.05) is 7.05 Å². The van der Waals surface area contributed by atoms with Gasteiger partial charge in [0.25, 0.3) is 0 Å². The molecule has 1 saturated heterocycles. The second-order valence-corrected chi connectivity index (χ2v) is 2.77. The zero-order valence-electron chi connectivity index (χ0n) is 7.60. The highest BCUT2D eigenvalue weighted by atomic mass is 16.5. The van der Waals surface area contributed by atoms with Crippen molar-refractivity contribution in [1.29, 1.82) is 0 Å². The molecule has 1 aliphatic rings. The van der Waals surface area contributed by atoms with Crippen molar-refractivity contribution < 1.29 is 4.74 Å². The molecule has 0 amide bonds. The van der Waals surface area contributed by atoms with Gasteiger partial charge >= 0.3 is 0 Å². The Morgan fingerprint density at radius 1 is 1.33 bits per heavy atom. The Kier molecular flexibility index (Phi) is 4.77. The predicted molar refractivity (Wildman–Crippen MR) is 49.0 cm³/mol. The van der Waals surface area contributed by atoms with Crippen molar-refractivity contribution in [3.05, 3.63) is 0 Å². The highest BCUT2D eigenvalue weighted by molar-refractivity contribution is 5.02.